The van der Waals surface area contributed by atoms with Gasteiger partial charge in [0.1, 0.15) is 0 Å². The third-order valence-corrected chi connectivity index (χ3v) is 3.92. The lowest BCUT2D eigenvalue weighted by Gasteiger charge is -2.07. The van der Waals surface area contributed by atoms with E-state index in [0.29, 0.717) is 6.54 Å². The summed E-state index contributed by atoms with van der Waals surface area (Å²) in [6.07, 6.45) is 5.50. The van der Waals surface area contributed by atoms with Crippen LogP contribution in [0.3, 0.4) is 0 Å². The molecule has 3 aromatic heterocycles. The van der Waals surface area contributed by atoms with Gasteiger partial charge in [-0.25, -0.2) is 4.68 Å². The predicted molar refractivity (Wildman–Crippen MR) is 97.4 cm³/mol. The molecule has 6 heteroatoms. The molecule has 0 atom stereocenters. The van der Waals surface area contributed by atoms with Gasteiger partial charge in [0.15, 0.2) is 0 Å². The lowest BCUT2D eigenvalue weighted by Crippen LogP contribution is -2.01. The molecular weight excluding hydrogens is 312 g/mol. The maximum atomic E-state index is 4.44. The van der Waals surface area contributed by atoms with Crippen LogP contribution in [-0.2, 0) is 6.54 Å². The van der Waals surface area contributed by atoms with Gasteiger partial charge in [-0.15, -0.1) is 0 Å². The smallest absolute Gasteiger partial charge is 0.0925 e. The molecule has 2 N–H and O–H groups in total. The number of nitrogens with zero attached hydrogens (tertiary/aromatic N) is 4. The molecule has 0 fully saturated rings. The van der Waals surface area contributed by atoms with Crippen molar-refractivity contribution in [1.82, 2.24) is 25.0 Å². The van der Waals surface area contributed by atoms with Crippen LogP contribution in [0, 0.1) is 6.92 Å². The Morgan fingerprint density at radius 3 is 2.76 bits per heavy atom. The van der Waals surface area contributed by atoms with Crippen LogP contribution in [0.25, 0.3) is 16.9 Å². The number of nitrogens with one attached hydrogen (secondary N) is 2. The van der Waals surface area contributed by atoms with Gasteiger partial charge in [0, 0.05) is 29.8 Å². The maximum absolute atomic E-state index is 4.44. The van der Waals surface area contributed by atoms with E-state index in [2.05, 4.69) is 31.7 Å². The molecule has 0 saturated heterocycles. The van der Waals surface area contributed by atoms with Crippen molar-refractivity contribution in [2.45, 2.75) is 13.5 Å². The number of anilines is 1. The van der Waals surface area contributed by atoms with E-state index in [1.807, 2.05) is 60.3 Å². The van der Waals surface area contributed by atoms with Crippen LogP contribution in [0.4, 0.5) is 5.69 Å². The fraction of sp³-hybridized carbons (Fsp3) is 0.105. The van der Waals surface area contributed by atoms with Gasteiger partial charge in [-0.1, -0.05) is 6.07 Å². The largest absolute Gasteiger partial charge is 0.379 e. The Labute approximate surface area is 145 Å². The average molecular weight is 330 g/mol. The number of aryl methyl sites for hydroxylation is 1. The molecule has 0 unspecified atom stereocenters. The molecule has 0 bridgehead atoms. The van der Waals surface area contributed by atoms with Crippen LogP contribution in [-0.4, -0.2) is 25.0 Å². The van der Waals surface area contributed by atoms with E-state index in [1.165, 1.54) is 0 Å². The molecule has 0 spiro atoms. The number of hydrogen-bond donors (Lipinski definition) is 2. The number of pyridine rings is 1. The van der Waals surface area contributed by atoms with Crippen molar-refractivity contribution in [2.24, 2.45) is 0 Å². The number of rotatable bonds is 5. The van der Waals surface area contributed by atoms with Gasteiger partial charge in [-0.05, 0) is 49.4 Å². The summed E-state index contributed by atoms with van der Waals surface area (Å²) in [5.41, 5.74) is 6.05. The second kappa shape index (κ2) is 6.60. The van der Waals surface area contributed by atoms with Gasteiger partial charge in [-0.2, -0.15) is 10.2 Å². The quantitative estimate of drug-likeness (QED) is 0.587. The zero-order chi connectivity index (χ0) is 17.1. The van der Waals surface area contributed by atoms with Crippen molar-refractivity contribution in [3.05, 3.63) is 78.5 Å². The minimum absolute atomic E-state index is 0.666. The molecule has 4 rings (SSSR count). The zero-order valence-corrected chi connectivity index (χ0v) is 13.8. The molecule has 0 aliphatic carbocycles. The van der Waals surface area contributed by atoms with Crippen molar-refractivity contribution < 1.29 is 0 Å². The standard InChI is InChI=1S/C19H18N6/c1-14-7-10-25(24-14)18-4-2-3-16(11-18)21-13-17-12-19(23-22-17)15-5-8-20-9-6-15/h2-12,21H,13H2,1H3,(H,22,23). The van der Waals surface area contributed by atoms with Gasteiger partial charge < -0.3 is 5.32 Å². The van der Waals surface area contributed by atoms with Crippen molar-refractivity contribution in [2.75, 3.05) is 5.32 Å². The Morgan fingerprint density at radius 1 is 1.08 bits per heavy atom. The van der Waals surface area contributed by atoms with Gasteiger partial charge in [0.25, 0.3) is 0 Å². The Kier molecular flexibility index (Phi) is 4.00. The summed E-state index contributed by atoms with van der Waals surface area (Å²) in [6, 6.07) is 16.1. The Hall–Kier alpha value is -3.41. The van der Waals surface area contributed by atoms with Gasteiger partial charge in [0.2, 0.25) is 0 Å². The number of benzene rings is 1. The van der Waals surface area contributed by atoms with E-state index in [9.17, 15) is 0 Å². The second-order valence-corrected chi connectivity index (χ2v) is 5.82. The maximum Gasteiger partial charge on any atom is 0.0925 e. The van der Waals surface area contributed by atoms with Crippen LogP contribution in [0.1, 0.15) is 11.4 Å². The predicted octanol–water partition coefficient (Wildman–Crippen LogP) is 3.58. The normalized spacial score (nSPS) is 10.8. The second-order valence-electron chi connectivity index (χ2n) is 5.82. The highest BCUT2D eigenvalue weighted by Crippen LogP contribution is 2.18. The lowest BCUT2D eigenvalue weighted by molar-refractivity contribution is 0.862. The molecule has 0 radical (unpaired) electrons. The lowest BCUT2D eigenvalue weighted by atomic mass is 10.2. The highest BCUT2D eigenvalue weighted by molar-refractivity contribution is 5.58. The molecule has 3 heterocycles. The molecule has 1 aromatic carbocycles. The molecule has 0 amide bonds. The van der Waals surface area contributed by atoms with Crippen LogP contribution in [0.2, 0.25) is 0 Å². The van der Waals surface area contributed by atoms with E-state index < -0.39 is 0 Å². The van der Waals surface area contributed by atoms with Gasteiger partial charge in [0.05, 0.1) is 29.3 Å². The fourth-order valence-electron chi connectivity index (χ4n) is 2.64. The van der Waals surface area contributed by atoms with Crippen LogP contribution in [0.5, 0.6) is 0 Å². The monoisotopic (exact) mass is 330 g/mol. The number of hydrogen-bond acceptors (Lipinski definition) is 4. The number of aromatic nitrogens is 5. The summed E-state index contributed by atoms with van der Waals surface area (Å²) in [6.45, 7) is 2.65. The van der Waals surface area contributed by atoms with Crippen LogP contribution in [0.15, 0.2) is 67.1 Å². The Morgan fingerprint density at radius 2 is 1.96 bits per heavy atom. The Balaban J connectivity index is 1.46. The van der Waals surface area contributed by atoms with E-state index in [-0.39, 0.29) is 0 Å². The third-order valence-electron chi connectivity index (χ3n) is 3.92. The average Bonchev–Trinajstić information content (AvgIpc) is 3.30. The van der Waals surface area contributed by atoms with Crippen LogP contribution >= 0.6 is 0 Å². The third kappa shape index (κ3) is 3.42. The van der Waals surface area contributed by atoms with Crippen molar-refractivity contribution in [3.63, 3.8) is 0 Å². The SMILES string of the molecule is Cc1ccn(-c2cccc(NCc3cc(-c4ccncc4)n[nH]3)c2)n1. The van der Waals surface area contributed by atoms with Crippen LogP contribution < -0.4 is 5.32 Å². The van der Waals surface area contributed by atoms with Gasteiger partial charge >= 0.3 is 0 Å². The van der Waals surface area contributed by atoms with Crippen molar-refractivity contribution >= 4 is 5.69 Å². The van der Waals surface area contributed by atoms with Gasteiger partial charge in [-0.3, -0.25) is 10.1 Å². The molecule has 124 valence electrons. The first-order valence-corrected chi connectivity index (χ1v) is 8.09. The first-order valence-electron chi connectivity index (χ1n) is 8.09. The van der Waals surface area contributed by atoms with E-state index >= 15 is 0 Å². The summed E-state index contributed by atoms with van der Waals surface area (Å²) in [5, 5.41) is 15.3. The molecule has 25 heavy (non-hydrogen) atoms. The molecule has 0 aliphatic rings. The van der Waals surface area contributed by atoms with E-state index in [0.717, 1.165) is 34.0 Å². The molecule has 4 aromatic rings. The van der Waals surface area contributed by atoms with E-state index in [4.69, 9.17) is 0 Å². The molecular formula is C19H18N6. The summed E-state index contributed by atoms with van der Waals surface area (Å²) in [7, 11) is 0. The van der Waals surface area contributed by atoms with Crippen molar-refractivity contribution in [3.8, 4) is 16.9 Å². The minimum atomic E-state index is 0.666. The van der Waals surface area contributed by atoms with Crippen molar-refractivity contribution in [1.29, 1.82) is 0 Å². The number of H-pyrrole nitrogens is 1. The Bertz CT molecular complexity index is 970. The van der Waals surface area contributed by atoms with E-state index in [1.54, 1.807) is 12.4 Å². The summed E-state index contributed by atoms with van der Waals surface area (Å²) in [4.78, 5) is 4.03. The minimum Gasteiger partial charge on any atom is -0.379 e. The topological polar surface area (TPSA) is 71.4 Å². The summed E-state index contributed by atoms with van der Waals surface area (Å²) >= 11 is 0. The summed E-state index contributed by atoms with van der Waals surface area (Å²) in [5.74, 6) is 0. The first kappa shape index (κ1) is 15.1. The molecule has 0 aliphatic heterocycles. The summed E-state index contributed by atoms with van der Waals surface area (Å²) < 4.78 is 1.87. The molecule has 0 saturated carbocycles. The first-order chi connectivity index (χ1) is 12.3. The highest BCUT2D eigenvalue weighted by Gasteiger charge is 2.04. The fourth-order valence-corrected chi connectivity index (χ4v) is 2.64. The number of aromatic amines is 1. The molecule has 6 nitrogen and oxygen atoms in total. The highest BCUT2D eigenvalue weighted by atomic mass is 15.3. The zero-order valence-electron chi connectivity index (χ0n) is 13.8.